The first kappa shape index (κ1) is 27.2. The Hall–Kier alpha value is -3.39. The van der Waals surface area contributed by atoms with Gasteiger partial charge in [-0.25, -0.2) is 0 Å². The second-order valence-electron chi connectivity index (χ2n) is 9.71. The number of hydrogen-bond donors (Lipinski definition) is 0. The van der Waals surface area contributed by atoms with Gasteiger partial charge in [0.05, 0.1) is 15.6 Å². The van der Waals surface area contributed by atoms with Crippen LogP contribution in [0.1, 0.15) is 42.2 Å². The zero-order valence-corrected chi connectivity index (χ0v) is 24.4. The van der Waals surface area contributed by atoms with Crippen molar-refractivity contribution in [3.8, 4) is 28.3 Å². The molecule has 0 aliphatic rings. The van der Waals surface area contributed by atoms with Gasteiger partial charge in [0, 0.05) is 41.7 Å². The third-order valence-corrected chi connectivity index (χ3v) is 7.67. The molecular weight excluding hydrogens is 551 g/mol. The largest absolute Gasteiger partial charge is 0.489 e. The van der Waals surface area contributed by atoms with Crippen LogP contribution in [0.3, 0.4) is 0 Å². The average molecular weight is 580 g/mol. The van der Waals surface area contributed by atoms with Gasteiger partial charge in [0.1, 0.15) is 29.5 Å². The van der Waals surface area contributed by atoms with E-state index < -0.39 is 0 Å². The Morgan fingerprint density at radius 2 is 1.77 bits per heavy atom. The fourth-order valence-electron chi connectivity index (χ4n) is 4.57. The molecule has 200 valence electrons. The molecule has 0 atom stereocenters. The van der Waals surface area contributed by atoms with E-state index in [0.29, 0.717) is 21.3 Å². The first-order valence-electron chi connectivity index (χ1n) is 12.6. The Morgan fingerprint density at radius 3 is 2.41 bits per heavy atom. The van der Waals surface area contributed by atoms with Crippen molar-refractivity contribution in [1.29, 1.82) is 0 Å². The summed E-state index contributed by atoms with van der Waals surface area (Å²) >= 11 is 14.3. The predicted molar refractivity (Wildman–Crippen MR) is 159 cm³/mol. The summed E-state index contributed by atoms with van der Waals surface area (Å²) in [5.74, 6) is 1.64. The summed E-state index contributed by atoms with van der Waals surface area (Å²) < 4.78 is 15.9. The van der Waals surface area contributed by atoms with Crippen LogP contribution in [0, 0.1) is 6.92 Å². The summed E-state index contributed by atoms with van der Waals surface area (Å²) in [6.07, 6.45) is 0. The molecule has 0 aliphatic carbocycles. The average Bonchev–Trinajstić information content (AvgIpc) is 3.59. The van der Waals surface area contributed by atoms with Gasteiger partial charge in [0.25, 0.3) is 0 Å². The molecule has 0 saturated heterocycles. The van der Waals surface area contributed by atoms with E-state index in [4.69, 9.17) is 32.5 Å². The van der Waals surface area contributed by atoms with Gasteiger partial charge in [-0.15, -0.1) is 5.10 Å². The molecule has 0 radical (unpaired) electrons. The molecule has 0 aliphatic heterocycles. The number of aromatic nitrogens is 3. The highest BCUT2D eigenvalue weighted by molar-refractivity contribution is 7.03. The van der Waals surface area contributed by atoms with Gasteiger partial charge in [-0.2, -0.15) is 0 Å². The van der Waals surface area contributed by atoms with Crippen molar-refractivity contribution in [3.63, 3.8) is 0 Å². The zero-order valence-electron chi connectivity index (χ0n) is 22.1. The maximum absolute atomic E-state index is 6.48. The van der Waals surface area contributed by atoms with Crippen molar-refractivity contribution in [2.45, 2.75) is 39.8 Å². The molecule has 0 N–H and O–H groups in total. The maximum atomic E-state index is 6.48. The molecule has 39 heavy (non-hydrogen) atoms. The highest BCUT2D eigenvalue weighted by Crippen LogP contribution is 2.39. The molecule has 0 amide bonds. The third-order valence-electron chi connectivity index (χ3n) is 6.53. The molecule has 5 rings (SSSR count). The Balaban J connectivity index is 1.31. The molecule has 0 spiro atoms. The van der Waals surface area contributed by atoms with Crippen molar-refractivity contribution in [1.82, 2.24) is 14.7 Å². The van der Waals surface area contributed by atoms with Crippen LogP contribution in [-0.2, 0) is 13.2 Å². The van der Waals surface area contributed by atoms with Crippen LogP contribution in [0.5, 0.6) is 5.75 Å². The van der Waals surface area contributed by atoms with E-state index >= 15 is 0 Å². The first-order valence-corrected chi connectivity index (χ1v) is 14.1. The van der Waals surface area contributed by atoms with Crippen molar-refractivity contribution in [2.75, 3.05) is 11.9 Å². The molecule has 0 saturated carbocycles. The monoisotopic (exact) mass is 578 g/mol. The number of hydrogen-bond acceptors (Lipinski definition) is 7. The van der Waals surface area contributed by atoms with Gasteiger partial charge in [0.15, 0.2) is 0 Å². The van der Waals surface area contributed by atoms with E-state index in [2.05, 4.69) is 83.9 Å². The fraction of sp³-hybridized carbons (Fsp3) is 0.233. The lowest BCUT2D eigenvalue weighted by molar-refractivity contribution is 0.298. The van der Waals surface area contributed by atoms with E-state index in [1.165, 1.54) is 17.1 Å². The van der Waals surface area contributed by atoms with E-state index in [1.807, 2.05) is 17.5 Å². The molecule has 0 fully saturated rings. The van der Waals surface area contributed by atoms with Crippen molar-refractivity contribution in [2.24, 2.45) is 0 Å². The third kappa shape index (κ3) is 5.96. The highest BCUT2D eigenvalue weighted by Gasteiger charge is 2.24. The van der Waals surface area contributed by atoms with Crippen LogP contribution < -0.4 is 9.64 Å². The lowest BCUT2D eigenvalue weighted by Gasteiger charge is -2.22. The molecule has 5 aromatic rings. The molecule has 2 heterocycles. The van der Waals surface area contributed by atoms with Crippen molar-refractivity contribution in [3.05, 3.63) is 98.5 Å². The number of halogens is 2. The summed E-state index contributed by atoms with van der Waals surface area (Å²) in [7, 11) is 2.09. The Morgan fingerprint density at radius 1 is 1.03 bits per heavy atom. The highest BCUT2D eigenvalue weighted by atomic mass is 35.5. The van der Waals surface area contributed by atoms with Crippen LogP contribution in [0.25, 0.3) is 22.5 Å². The van der Waals surface area contributed by atoms with Crippen LogP contribution in [-0.4, -0.2) is 21.8 Å². The maximum Gasteiger partial charge on any atom is 0.146 e. The van der Waals surface area contributed by atoms with Crippen LogP contribution in [0.15, 0.2) is 70.6 Å². The Labute approximate surface area is 242 Å². The minimum absolute atomic E-state index is 0.121. The minimum Gasteiger partial charge on any atom is -0.489 e. The van der Waals surface area contributed by atoms with E-state index in [0.717, 1.165) is 46.1 Å². The fourth-order valence-corrected chi connectivity index (χ4v) is 5.61. The number of nitrogens with zero attached hydrogens (tertiary/aromatic N) is 4. The zero-order chi connectivity index (χ0) is 27.5. The summed E-state index contributed by atoms with van der Waals surface area (Å²) in [6, 6.07) is 20.0. The van der Waals surface area contributed by atoms with E-state index in [1.54, 1.807) is 12.1 Å². The molecular formula is C30H28Cl2N4O2S. The van der Waals surface area contributed by atoms with Crippen LogP contribution in [0.4, 0.5) is 5.69 Å². The molecule has 2 aromatic heterocycles. The van der Waals surface area contributed by atoms with Gasteiger partial charge < -0.3 is 14.2 Å². The SMILES string of the molecule is Cc1cc(OCc2c(-c3c(Cl)cccc3Cl)noc2C(C)C)ccc1N(C)Cc1ccc(-c2csnn2)cc1. The van der Waals surface area contributed by atoms with Gasteiger partial charge in [0.2, 0.25) is 0 Å². The molecule has 9 heteroatoms. The Kier molecular flexibility index (Phi) is 8.21. The summed E-state index contributed by atoms with van der Waals surface area (Å²) in [5.41, 5.74) is 7.54. The van der Waals surface area contributed by atoms with Crippen LogP contribution in [0.2, 0.25) is 10.0 Å². The van der Waals surface area contributed by atoms with Crippen molar-refractivity contribution >= 4 is 40.4 Å². The normalized spacial score (nSPS) is 11.3. The standard InChI is InChI=1S/C30H28Cl2N4O2S/c1-18(2)30-23(29(34-38-30)28-24(31)6-5-7-25(28)32)16-37-22-12-13-27(19(3)14-22)36(4)15-20-8-10-21(11-9-20)26-17-39-35-33-26/h5-14,17-18H,15-16H2,1-4H3. The van der Waals surface area contributed by atoms with Gasteiger partial charge in [-0.1, -0.05) is 77.0 Å². The first-order chi connectivity index (χ1) is 18.8. The second kappa shape index (κ2) is 11.8. The van der Waals surface area contributed by atoms with Gasteiger partial charge in [-0.3, -0.25) is 0 Å². The van der Waals surface area contributed by atoms with Crippen LogP contribution >= 0.6 is 34.7 Å². The number of rotatable bonds is 9. The minimum atomic E-state index is 0.121. The summed E-state index contributed by atoms with van der Waals surface area (Å²) in [5, 5.41) is 11.5. The molecule has 0 bridgehead atoms. The summed E-state index contributed by atoms with van der Waals surface area (Å²) in [4.78, 5) is 2.23. The van der Waals surface area contributed by atoms with Gasteiger partial charge in [-0.05, 0) is 59.9 Å². The second-order valence-corrected chi connectivity index (χ2v) is 11.1. The molecule has 3 aromatic carbocycles. The number of aryl methyl sites for hydroxylation is 1. The molecule has 0 unspecified atom stereocenters. The smallest absolute Gasteiger partial charge is 0.146 e. The Bertz CT molecular complexity index is 1550. The lowest BCUT2D eigenvalue weighted by atomic mass is 10.0. The quantitative estimate of drug-likeness (QED) is 0.174. The number of ether oxygens (including phenoxy) is 1. The lowest BCUT2D eigenvalue weighted by Crippen LogP contribution is -2.17. The number of anilines is 1. The van der Waals surface area contributed by atoms with E-state index in [9.17, 15) is 0 Å². The number of benzene rings is 3. The molecule has 6 nitrogen and oxygen atoms in total. The van der Waals surface area contributed by atoms with E-state index in [-0.39, 0.29) is 12.5 Å². The van der Waals surface area contributed by atoms with Gasteiger partial charge >= 0.3 is 0 Å². The topological polar surface area (TPSA) is 64.3 Å². The van der Waals surface area contributed by atoms with Crippen molar-refractivity contribution < 1.29 is 9.26 Å². The summed E-state index contributed by atoms with van der Waals surface area (Å²) in [6.45, 7) is 7.26. The predicted octanol–water partition coefficient (Wildman–Crippen LogP) is 8.81.